The minimum Gasteiger partial charge on any atom is -0.466 e. The van der Waals surface area contributed by atoms with Crippen molar-refractivity contribution in [3.05, 3.63) is 35.9 Å². The Morgan fingerprint density at radius 1 is 1.28 bits per heavy atom. The second kappa shape index (κ2) is 7.73. The number of benzene rings is 1. The highest BCUT2D eigenvalue weighted by atomic mass is 32.2. The van der Waals surface area contributed by atoms with E-state index in [0.717, 1.165) is 17.3 Å². The van der Waals surface area contributed by atoms with Crippen LogP contribution in [0.1, 0.15) is 5.56 Å². The third-order valence-electron chi connectivity index (χ3n) is 2.11. The lowest BCUT2D eigenvalue weighted by atomic mass is 10.2. The Kier molecular flexibility index (Phi) is 6.24. The summed E-state index contributed by atoms with van der Waals surface area (Å²) in [5, 5.41) is 2.08. The molecule has 1 atom stereocenters. The molecule has 1 unspecified atom stereocenters. The lowest BCUT2D eigenvalue weighted by molar-refractivity contribution is -0.153. The number of nitrogens with one attached hydrogen (secondary N) is 1. The molecule has 0 radical (unpaired) electrons. The van der Waals surface area contributed by atoms with Gasteiger partial charge in [0.05, 0.1) is 7.11 Å². The molecule has 0 aliphatic rings. The number of carbonyl (C=O) groups excluding carboxylic acids is 2. The van der Waals surface area contributed by atoms with Gasteiger partial charge in [-0.15, -0.1) is 0 Å². The topological polar surface area (TPSA) is 64.6 Å². The van der Waals surface area contributed by atoms with E-state index < -0.39 is 12.2 Å². The van der Waals surface area contributed by atoms with Crippen molar-refractivity contribution in [2.75, 3.05) is 14.2 Å². The summed E-state index contributed by atoms with van der Waals surface area (Å²) < 4.78 is 9.28. The van der Waals surface area contributed by atoms with Crippen molar-refractivity contribution in [1.82, 2.24) is 5.32 Å². The average Bonchev–Trinajstić information content (AvgIpc) is 2.42. The number of ether oxygens (including phenoxy) is 2. The number of carbonyl (C=O) groups is 2. The fourth-order valence-corrected chi connectivity index (χ4v) is 1.87. The molecule has 18 heavy (non-hydrogen) atoms. The number of thioether (sulfide) groups is 1. The van der Waals surface area contributed by atoms with Gasteiger partial charge in [-0.2, -0.15) is 0 Å². The van der Waals surface area contributed by atoms with Gasteiger partial charge in [0.25, 0.3) is 5.24 Å². The monoisotopic (exact) mass is 269 g/mol. The van der Waals surface area contributed by atoms with Gasteiger partial charge in [0.15, 0.2) is 0 Å². The molecule has 0 saturated carbocycles. The van der Waals surface area contributed by atoms with E-state index in [1.165, 1.54) is 14.2 Å². The number of hydrogen-bond acceptors (Lipinski definition) is 5. The van der Waals surface area contributed by atoms with Gasteiger partial charge in [0.2, 0.25) is 6.23 Å². The summed E-state index contributed by atoms with van der Waals surface area (Å²) >= 11 is 1.06. The minimum absolute atomic E-state index is 0.337. The van der Waals surface area contributed by atoms with Crippen LogP contribution in [-0.2, 0) is 20.0 Å². The number of amides is 1. The van der Waals surface area contributed by atoms with Crippen LogP contribution in [0.15, 0.2) is 30.3 Å². The molecule has 0 bridgehead atoms. The summed E-state index contributed by atoms with van der Waals surface area (Å²) in [5.74, 6) is -0.101. The van der Waals surface area contributed by atoms with Gasteiger partial charge in [-0.05, 0) is 5.56 Å². The van der Waals surface area contributed by atoms with Gasteiger partial charge in [0.1, 0.15) is 0 Å². The Morgan fingerprint density at radius 3 is 2.50 bits per heavy atom. The Balaban J connectivity index is 2.39. The number of hydrogen-bond donors (Lipinski definition) is 1. The zero-order chi connectivity index (χ0) is 13.4. The highest BCUT2D eigenvalue weighted by Crippen LogP contribution is 2.12. The zero-order valence-corrected chi connectivity index (χ0v) is 11.0. The largest absolute Gasteiger partial charge is 0.466 e. The molecule has 5 nitrogen and oxygen atoms in total. The van der Waals surface area contributed by atoms with Crippen molar-refractivity contribution in [1.29, 1.82) is 0 Å². The Morgan fingerprint density at radius 2 is 1.94 bits per heavy atom. The second-order valence-corrected chi connectivity index (χ2v) is 4.29. The summed E-state index contributed by atoms with van der Waals surface area (Å²) in [6, 6.07) is 9.57. The second-order valence-electron chi connectivity index (χ2n) is 3.34. The molecule has 0 saturated heterocycles. The molecular formula is C12H15NO4S. The Hall–Kier alpha value is -1.53. The molecule has 0 aromatic heterocycles. The van der Waals surface area contributed by atoms with Crippen LogP contribution >= 0.6 is 11.8 Å². The molecule has 1 rings (SSSR count). The Labute approximate surface area is 110 Å². The molecule has 0 heterocycles. The average molecular weight is 269 g/mol. The zero-order valence-electron chi connectivity index (χ0n) is 10.2. The van der Waals surface area contributed by atoms with Crippen LogP contribution in [0.5, 0.6) is 0 Å². The van der Waals surface area contributed by atoms with E-state index in [-0.39, 0.29) is 5.24 Å². The molecule has 0 aliphatic carbocycles. The van der Waals surface area contributed by atoms with E-state index in [2.05, 4.69) is 10.1 Å². The molecule has 0 spiro atoms. The van der Waals surface area contributed by atoms with E-state index in [0.29, 0.717) is 5.75 Å². The molecule has 1 N–H and O–H groups in total. The van der Waals surface area contributed by atoms with Gasteiger partial charge in [-0.3, -0.25) is 4.79 Å². The van der Waals surface area contributed by atoms with E-state index in [4.69, 9.17) is 4.74 Å². The molecule has 1 amide bonds. The summed E-state index contributed by atoms with van der Waals surface area (Å²) in [7, 11) is 2.56. The first-order chi connectivity index (χ1) is 8.67. The van der Waals surface area contributed by atoms with Crippen molar-refractivity contribution in [2.24, 2.45) is 0 Å². The molecule has 6 heteroatoms. The first-order valence-corrected chi connectivity index (χ1v) is 6.23. The number of methoxy groups -OCH3 is 2. The third-order valence-corrected chi connectivity index (χ3v) is 2.97. The lowest BCUT2D eigenvalue weighted by Crippen LogP contribution is -2.41. The summed E-state index contributed by atoms with van der Waals surface area (Å²) in [6.07, 6.45) is -1.06. The predicted molar refractivity (Wildman–Crippen MR) is 69.1 cm³/mol. The van der Waals surface area contributed by atoms with Crippen molar-refractivity contribution < 1.29 is 19.1 Å². The van der Waals surface area contributed by atoms with Gasteiger partial charge >= 0.3 is 5.97 Å². The van der Waals surface area contributed by atoms with Gasteiger partial charge in [0, 0.05) is 12.9 Å². The quantitative estimate of drug-likeness (QED) is 0.652. The fourth-order valence-electron chi connectivity index (χ4n) is 1.19. The first kappa shape index (κ1) is 14.5. The molecule has 0 fully saturated rings. The molecule has 1 aromatic carbocycles. The highest BCUT2D eigenvalue weighted by molar-refractivity contribution is 8.12. The van der Waals surface area contributed by atoms with E-state index in [1.807, 2.05) is 30.3 Å². The summed E-state index contributed by atoms with van der Waals surface area (Å²) in [5.41, 5.74) is 1.03. The van der Waals surface area contributed by atoms with Crippen LogP contribution in [0.2, 0.25) is 0 Å². The third kappa shape index (κ3) is 4.77. The van der Waals surface area contributed by atoms with E-state index in [1.54, 1.807) is 0 Å². The van der Waals surface area contributed by atoms with Crippen LogP contribution < -0.4 is 5.32 Å². The maximum atomic E-state index is 11.6. The molecule has 98 valence electrons. The standard InChI is InChI=1S/C12H15NO4S/c1-16-10(11(14)17-2)13-12(15)18-8-9-6-4-3-5-7-9/h3-7,10H,8H2,1-2H3,(H,13,15). The van der Waals surface area contributed by atoms with Crippen LogP contribution in [0.4, 0.5) is 4.79 Å². The van der Waals surface area contributed by atoms with E-state index >= 15 is 0 Å². The first-order valence-electron chi connectivity index (χ1n) is 5.25. The maximum Gasteiger partial charge on any atom is 0.356 e. The van der Waals surface area contributed by atoms with Crippen molar-refractivity contribution in [3.8, 4) is 0 Å². The smallest absolute Gasteiger partial charge is 0.356 e. The van der Waals surface area contributed by atoms with Crippen molar-refractivity contribution >= 4 is 23.0 Å². The summed E-state index contributed by atoms with van der Waals surface area (Å²) in [4.78, 5) is 22.8. The normalized spacial score (nSPS) is 11.7. The minimum atomic E-state index is -1.06. The number of esters is 1. The maximum absolute atomic E-state index is 11.6. The number of rotatable bonds is 5. The Bertz CT molecular complexity index is 396. The molecular weight excluding hydrogens is 254 g/mol. The SMILES string of the molecule is COC(=O)C(NC(=O)SCc1ccccc1)OC. The van der Waals surface area contributed by atoms with Crippen LogP contribution in [0.25, 0.3) is 0 Å². The highest BCUT2D eigenvalue weighted by Gasteiger charge is 2.20. The van der Waals surface area contributed by atoms with Gasteiger partial charge in [-0.25, -0.2) is 4.79 Å². The fraction of sp³-hybridized carbons (Fsp3) is 0.333. The van der Waals surface area contributed by atoms with Crippen molar-refractivity contribution in [3.63, 3.8) is 0 Å². The van der Waals surface area contributed by atoms with Gasteiger partial charge < -0.3 is 14.8 Å². The van der Waals surface area contributed by atoms with Gasteiger partial charge in [-0.1, -0.05) is 42.1 Å². The lowest BCUT2D eigenvalue weighted by Gasteiger charge is -2.13. The van der Waals surface area contributed by atoms with Crippen LogP contribution in [-0.4, -0.2) is 31.7 Å². The van der Waals surface area contributed by atoms with Crippen LogP contribution in [0.3, 0.4) is 0 Å². The van der Waals surface area contributed by atoms with E-state index in [9.17, 15) is 9.59 Å². The summed E-state index contributed by atoms with van der Waals surface area (Å²) in [6.45, 7) is 0. The predicted octanol–water partition coefficient (Wildman–Crippen LogP) is 1.77. The molecule has 0 aliphatic heterocycles. The van der Waals surface area contributed by atoms with Crippen molar-refractivity contribution in [2.45, 2.75) is 12.0 Å². The molecule has 1 aromatic rings. The van der Waals surface area contributed by atoms with Crippen LogP contribution in [0, 0.1) is 0 Å².